The number of amides is 1. The van der Waals surface area contributed by atoms with Gasteiger partial charge in [0, 0.05) is 18.0 Å². The number of nitrogens with two attached hydrogens (primary N) is 2. The van der Waals surface area contributed by atoms with E-state index in [1.54, 1.807) is 10.5 Å². The van der Waals surface area contributed by atoms with Crippen molar-refractivity contribution in [2.75, 3.05) is 5.73 Å². The summed E-state index contributed by atoms with van der Waals surface area (Å²) in [5.74, 6) is -0.511. The normalized spacial score (nSPS) is 11.4. The van der Waals surface area contributed by atoms with Crippen LogP contribution in [0.1, 0.15) is 21.5 Å². The first-order chi connectivity index (χ1) is 14.8. The molecule has 5 rings (SSSR count). The van der Waals surface area contributed by atoms with E-state index in [1.165, 1.54) is 11.3 Å². The van der Waals surface area contributed by atoms with Crippen molar-refractivity contribution in [1.29, 1.82) is 0 Å². The number of fused-ring (bicyclic) bond motifs is 2. The average Bonchev–Trinajstić information content (AvgIpc) is 3.34. The van der Waals surface area contributed by atoms with Crippen LogP contribution in [0.4, 0.5) is 5.69 Å². The number of aromatic nitrogens is 3. The number of rotatable bonds is 3. The van der Waals surface area contributed by atoms with Gasteiger partial charge in [-0.05, 0) is 48.7 Å². The molecule has 3 heterocycles. The number of thiazole rings is 1. The topological polar surface area (TPSA) is 120 Å². The highest BCUT2D eigenvalue weighted by atomic mass is 32.1. The quantitative estimate of drug-likeness (QED) is 0.395. The van der Waals surface area contributed by atoms with Crippen molar-refractivity contribution in [3.05, 3.63) is 65.5 Å². The van der Waals surface area contributed by atoms with E-state index in [4.69, 9.17) is 11.5 Å². The van der Waals surface area contributed by atoms with E-state index in [-0.39, 0.29) is 17.0 Å². The minimum atomic E-state index is -0.666. The first-order valence-electron chi connectivity index (χ1n) is 9.61. The van der Waals surface area contributed by atoms with Crippen LogP contribution in [0.5, 0.6) is 5.75 Å². The number of aromatic hydroxyl groups is 1. The fraction of sp³-hybridized carbons (Fsp3) is 0.0870. The van der Waals surface area contributed by atoms with E-state index in [1.807, 2.05) is 56.6 Å². The molecule has 0 fully saturated rings. The summed E-state index contributed by atoms with van der Waals surface area (Å²) in [6, 6.07) is 11.3. The Kier molecular flexibility index (Phi) is 4.19. The van der Waals surface area contributed by atoms with E-state index < -0.39 is 5.91 Å². The van der Waals surface area contributed by atoms with Gasteiger partial charge in [0.1, 0.15) is 22.0 Å². The second-order valence-corrected chi connectivity index (χ2v) is 8.47. The van der Waals surface area contributed by atoms with Crippen LogP contribution in [-0.2, 0) is 0 Å². The molecule has 0 aliphatic carbocycles. The number of phenols is 1. The number of primary amides is 1. The fourth-order valence-electron chi connectivity index (χ4n) is 3.92. The number of pyridine rings is 1. The molecule has 7 nitrogen and oxygen atoms in total. The molecule has 154 valence electrons. The fourth-order valence-corrected chi connectivity index (χ4v) is 4.84. The van der Waals surface area contributed by atoms with Gasteiger partial charge in [-0.2, -0.15) is 0 Å². The lowest BCUT2D eigenvalue weighted by Gasteiger charge is -2.16. The molecule has 31 heavy (non-hydrogen) atoms. The number of nitrogens with zero attached hydrogens (tertiary/aromatic N) is 3. The second-order valence-electron chi connectivity index (χ2n) is 7.44. The van der Waals surface area contributed by atoms with Crippen LogP contribution in [-0.4, -0.2) is 25.4 Å². The molecular formula is C23H19N5O2S. The maximum Gasteiger partial charge on any atom is 0.254 e. The maximum atomic E-state index is 12.4. The van der Waals surface area contributed by atoms with Gasteiger partial charge in [0.15, 0.2) is 5.65 Å². The summed E-state index contributed by atoms with van der Waals surface area (Å²) < 4.78 is 2.80. The van der Waals surface area contributed by atoms with Crippen molar-refractivity contribution < 1.29 is 9.90 Å². The van der Waals surface area contributed by atoms with E-state index in [0.29, 0.717) is 22.5 Å². The lowest BCUT2D eigenvalue weighted by Crippen LogP contribution is -2.16. The molecule has 0 bridgehead atoms. The third-order valence-electron chi connectivity index (χ3n) is 5.46. The molecule has 0 atom stereocenters. The first-order valence-corrected chi connectivity index (χ1v) is 10.4. The number of anilines is 1. The Morgan fingerprint density at radius 2 is 1.87 bits per heavy atom. The molecule has 8 heteroatoms. The zero-order chi connectivity index (χ0) is 21.9. The first kappa shape index (κ1) is 19.1. The van der Waals surface area contributed by atoms with E-state index in [9.17, 15) is 9.90 Å². The molecule has 0 saturated carbocycles. The number of carbonyl (C=O) groups excluding carboxylic acids is 1. The Bertz CT molecular complexity index is 1480. The number of carbonyl (C=O) groups is 1. The largest absolute Gasteiger partial charge is 0.508 e. The number of nitrogen functional groups attached to an aromatic ring is 1. The number of imidazole rings is 1. The number of para-hydroxylation sites is 1. The second kappa shape index (κ2) is 6.82. The van der Waals surface area contributed by atoms with Crippen molar-refractivity contribution in [1.82, 2.24) is 14.4 Å². The molecule has 5 aromatic rings. The van der Waals surface area contributed by atoms with Gasteiger partial charge in [-0.3, -0.25) is 4.79 Å². The van der Waals surface area contributed by atoms with Crippen LogP contribution < -0.4 is 11.5 Å². The summed E-state index contributed by atoms with van der Waals surface area (Å²) in [5.41, 5.74) is 17.4. The Balaban J connectivity index is 1.80. The van der Waals surface area contributed by atoms with Gasteiger partial charge in [-0.1, -0.05) is 18.2 Å². The molecule has 1 amide bonds. The van der Waals surface area contributed by atoms with Crippen molar-refractivity contribution in [3.63, 3.8) is 0 Å². The molecule has 0 spiro atoms. The lowest BCUT2D eigenvalue weighted by molar-refractivity contribution is 0.100. The summed E-state index contributed by atoms with van der Waals surface area (Å²) in [7, 11) is 0. The predicted octanol–water partition coefficient (Wildman–Crippen LogP) is 4.28. The molecule has 0 unspecified atom stereocenters. The van der Waals surface area contributed by atoms with Crippen LogP contribution in [0.2, 0.25) is 0 Å². The van der Waals surface area contributed by atoms with Crippen LogP contribution in [0, 0.1) is 13.8 Å². The Morgan fingerprint density at radius 3 is 2.61 bits per heavy atom. The van der Waals surface area contributed by atoms with Crippen molar-refractivity contribution >= 4 is 38.8 Å². The molecule has 2 aromatic carbocycles. The van der Waals surface area contributed by atoms with Gasteiger partial charge in [0.2, 0.25) is 0 Å². The number of hydrogen-bond donors (Lipinski definition) is 3. The van der Waals surface area contributed by atoms with Gasteiger partial charge >= 0.3 is 0 Å². The third-order valence-corrected chi connectivity index (χ3v) is 6.52. The SMILES string of the molecule is Cc1ccc(O)c(C)c1-c1cn2cc(-c3nc4ccccc4s3)nc2c(C(N)=O)c1N. The molecule has 0 aliphatic rings. The number of phenolic OH excluding ortho intramolecular Hbond substituents is 1. The van der Waals surface area contributed by atoms with Crippen LogP contribution in [0.3, 0.4) is 0 Å². The number of aryl methyl sites for hydroxylation is 1. The molecule has 5 N–H and O–H groups in total. The van der Waals surface area contributed by atoms with Crippen molar-refractivity contribution in [2.45, 2.75) is 13.8 Å². The van der Waals surface area contributed by atoms with E-state index in [2.05, 4.69) is 9.97 Å². The highest BCUT2D eigenvalue weighted by Crippen LogP contribution is 2.39. The summed E-state index contributed by atoms with van der Waals surface area (Å²) >= 11 is 1.52. The molecule has 0 radical (unpaired) electrons. The summed E-state index contributed by atoms with van der Waals surface area (Å²) in [5, 5.41) is 11.0. The molecule has 0 saturated heterocycles. The maximum absolute atomic E-state index is 12.4. The van der Waals surface area contributed by atoms with Gasteiger partial charge in [0.25, 0.3) is 5.91 Å². The van der Waals surface area contributed by atoms with Crippen molar-refractivity contribution in [2.24, 2.45) is 5.73 Å². The van der Waals surface area contributed by atoms with Gasteiger partial charge in [-0.15, -0.1) is 11.3 Å². The molecule has 3 aromatic heterocycles. The van der Waals surface area contributed by atoms with Gasteiger partial charge < -0.3 is 21.0 Å². The monoisotopic (exact) mass is 429 g/mol. The van der Waals surface area contributed by atoms with Gasteiger partial charge in [-0.25, -0.2) is 9.97 Å². The summed E-state index contributed by atoms with van der Waals surface area (Å²) in [6.45, 7) is 3.74. The predicted molar refractivity (Wildman–Crippen MR) is 123 cm³/mol. The van der Waals surface area contributed by atoms with Crippen LogP contribution >= 0.6 is 11.3 Å². The Labute approximate surface area is 181 Å². The van der Waals surface area contributed by atoms with Crippen LogP contribution in [0.25, 0.3) is 37.7 Å². The number of hydrogen-bond acceptors (Lipinski definition) is 6. The lowest BCUT2D eigenvalue weighted by atomic mass is 9.93. The standard InChI is InChI=1S/C23H19N5O2S/c1-11-7-8-16(29)12(2)18(11)13-9-28-10-15(26-22(28)19(20(13)24)21(25)30)23-27-14-5-3-4-6-17(14)31-23/h3-10,29H,24H2,1-2H3,(H2,25,30). The van der Waals surface area contributed by atoms with Crippen LogP contribution in [0.15, 0.2) is 48.8 Å². The Morgan fingerprint density at radius 1 is 1.10 bits per heavy atom. The highest BCUT2D eigenvalue weighted by Gasteiger charge is 2.22. The average molecular weight is 430 g/mol. The molecule has 0 aliphatic heterocycles. The number of benzene rings is 2. The third kappa shape index (κ3) is 2.91. The highest BCUT2D eigenvalue weighted by molar-refractivity contribution is 7.21. The summed E-state index contributed by atoms with van der Waals surface area (Å²) in [4.78, 5) is 21.7. The minimum absolute atomic E-state index is 0.145. The Hall–Kier alpha value is -3.91. The van der Waals surface area contributed by atoms with Gasteiger partial charge in [0.05, 0.1) is 15.9 Å². The zero-order valence-corrected chi connectivity index (χ0v) is 17.7. The zero-order valence-electron chi connectivity index (χ0n) is 16.9. The van der Waals surface area contributed by atoms with E-state index in [0.717, 1.165) is 26.4 Å². The minimum Gasteiger partial charge on any atom is -0.508 e. The molecular weight excluding hydrogens is 410 g/mol. The summed E-state index contributed by atoms with van der Waals surface area (Å²) in [6.07, 6.45) is 3.63. The smallest absolute Gasteiger partial charge is 0.254 e. The van der Waals surface area contributed by atoms with Crippen molar-refractivity contribution in [3.8, 4) is 27.6 Å². The van der Waals surface area contributed by atoms with E-state index >= 15 is 0 Å².